The fourth-order valence-corrected chi connectivity index (χ4v) is 1.50. The highest BCUT2D eigenvalue weighted by atomic mass is 19.4. The molecule has 2 unspecified atom stereocenters. The number of benzene rings is 1. The SMILES string of the molecule is Cc1ccc(C(C)NCC(C#N)C(F)(F)F)cc1. The maximum Gasteiger partial charge on any atom is 0.405 e. The van der Waals surface area contributed by atoms with E-state index >= 15 is 0 Å². The third-order valence-electron chi connectivity index (χ3n) is 2.76. The topological polar surface area (TPSA) is 35.8 Å². The molecule has 0 bridgehead atoms. The highest BCUT2D eigenvalue weighted by Crippen LogP contribution is 2.25. The van der Waals surface area contributed by atoms with Crippen molar-refractivity contribution < 1.29 is 13.2 Å². The van der Waals surface area contributed by atoms with Crippen molar-refractivity contribution in [1.82, 2.24) is 5.32 Å². The van der Waals surface area contributed by atoms with Crippen molar-refractivity contribution >= 4 is 0 Å². The number of halogens is 3. The molecule has 5 heteroatoms. The van der Waals surface area contributed by atoms with E-state index in [2.05, 4.69) is 5.32 Å². The molecule has 0 amide bonds. The fraction of sp³-hybridized carbons (Fsp3) is 0.462. The first-order valence-corrected chi connectivity index (χ1v) is 5.61. The van der Waals surface area contributed by atoms with E-state index in [1.54, 1.807) is 6.92 Å². The van der Waals surface area contributed by atoms with Crippen LogP contribution in [-0.4, -0.2) is 12.7 Å². The van der Waals surface area contributed by atoms with E-state index in [0.717, 1.165) is 11.1 Å². The number of aryl methyl sites for hydroxylation is 1. The van der Waals surface area contributed by atoms with Gasteiger partial charge in [-0.15, -0.1) is 0 Å². The molecule has 2 nitrogen and oxygen atoms in total. The molecule has 1 aromatic rings. The summed E-state index contributed by atoms with van der Waals surface area (Å²) in [5.41, 5.74) is 2.00. The summed E-state index contributed by atoms with van der Waals surface area (Å²) in [6, 6.07) is 8.58. The molecule has 0 aromatic heterocycles. The van der Waals surface area contributed by atoms with Gasteiger partial charge in [-0.1, -0.05) is 29.8 Å². The monoisotopic (exact) mass is 256 g/mol. The van der Waals surface area contributed by atoms with Crippen molar-refractivity contribution in [3.63, 3.8) is 0 Å². The minimum absolute atomic E-state index is 0.219. The number of hydrogen-bond acceptors (Lipinski definition) is 2. The van der Waals surface area contributed by atoms with E-state index in [-0.39, 0.29) is 6.04 Å². The first-order chi connectivity index (χ1) is 8.34. The van der Waals surface area contributed by atoms with Gasteiger partial charge in [-0.05, 0) is 19.4 Å². The lowest BCUT2D eigenvalue weighted by Gasteiger charge is -2.18. The predicted molar refractivity (Wildman–Crippen MR) is 62.8 cm³/mol. The molecule has 2 atom stereocenters. The Labute approximate surface area is 104 Å². The van der Waals surface area contributed by atoms with Gasteiger partial charge in [-0.25, -0.2) is 0 Å². The third-order valence-corrected chi connectivity index (χ3v) is 2.76. The molecule has 1 rings (SSSR count). The second-order valence-electron chi connectivity index (χ2n) is 4.26. The lowest BCUT2D eigenvalue weighted by atomic mass is 10.1. The Morgan fingerprint density at radius 1 is 1.28 bits per heavy atom. The molecule has 1 aromatic carbocycles. The zero-order valence-electron chi connectivity index (χ0n) is 10.3. The van der Waals surface area contributed by atoms with E-state index in [0.29, 0.717) is 0 Å². The molecule has 18 heavy (non-hydrogen) atoms. The summed E-state index contributed by atoms with van der Waals surface area (Å²) in [6.07, 6.45) is -4.48. The molecule has 0 heterocycles. The maximum absolute atomic E-state index is 12.4. The number of nitrogens with zero attached hydrogens (tertiary/aromatic N) is 1. The molecule has 0 radical (unpaired) electrons. The second-order valence-corrected chi connectivity index (χ2v) is 4.26. The summed E-state index contributed by atoms with van der Waals surface area (Å²) in [4.78, 5) is 0. The minimum atomic E-state index is -4.48. The molecule has 0 aliphatic heterocycles. The quantitative estimate of drug-likeness (QED) is 0.896. The van der Waals surface area contributed by atoms with Crippen LogP contribution in [0.5, 0.6) is 0 Å². The standard InChI is InChI=1S/C13H15F3N2/c1-9-3-5-11(6-4-9)10(2)18-8-12(7-17)13(14,15)16/h3-6,10,12,18H,8H2,1-2H3. The van der Waals surface area contributed by atoms with Crippen molar-refractivity contribution in [3.05, 3.63) is 35.4 Å². The van der Waals surface area contributed by atoms with E-state index in [1.165, 1.54) is 6.07 Å². The van der Waals surface area contributed by atoms with Gasteiger partial charge < -0.3 is 5.32 Å². The molecular weight excluding hydrogens is 241 g/mol. The summed E-state index contributed by atoms with van der Waals surface area (Å²) in [5.74, 6) is -1.97. The zero-order valence-corrected chi connectivity index (χ0v) is 10.3. The normalized spacial score (nSPS) is 14.9. The Morgan fingerprint density at radius 3 is 2.28 bits per heavy atom. The predicted octanol–water partition coefficient (Wildman–Crippen LogP) is 3.35. The van der Waals surface area contributed by atoms with Crippen LogP contribution in [0, 0.1) is 24.2 Å². The summed E-state index contributed by atoms with van der Waals surface area (Å²) >= 11 is 0. The van der Waals surface area contributed by atoms with E-state index in [1.807, 2.05) is 31.2 Å². The van der Waals surface area contributed by atoms with E-state index in [4.69, 9.17) is 5.26 Å². The number of nitriles is 1. The van der Waals surface area contributed by atoms with Crippen LogP contribution in [-0.2, 0) is 0 Å². The largest absolute Gasteiger partial charge is 0.405 e. The first kappa shape index (κ1) is 14.5. The smallest absolute Gasteiger partial charge is 0.309 e. The van der Waals surface area contributed by atoms with E-state index < -0.39 is 18.6 Å². The van der Waals surface area contributed by atoms with Crippen LogP contribution in [0.2, 0.25) is 0 Å². The average molecular weight is 256 g/mol. The van der Waals surface area contributed by atoms with Crippen LogP contribution in [0.25, 0.3) is 0 Å². The van der Waals surface area contributed by atoms with Gasteiger partial charge in [-0.3, -0.25) is 0 Å². The van der Waals surface area contributed by atoms with E-state index in [9.17, 15) is 13.2 Å². The summed E-state index contributed by atoms with van der Waals surface area (Å²) in [7, 11) is 0. The molecule has 0 saturated heterocycles. The van der Waals surface area contributed by atoms with Gasteiger partial charge in [0.15, 0.2) is 5.92 Å². The van der Waals surface area contributed by atoms with Gasteiger partial charge in [0.1, 0.15) is 0 Å². The molecule has 0 spiro atoms. The third kappa shape index (κ3) is 4.04. The summed E-state index contributed by atoms with van der Waals surface area (Å²) < 4.78 is 37.1. The Balaban J connectivity index is 2.58. The molecule has 1 N–H and O–H groups in total. The number of alkyl halides is 3. The highest BCUT2D eigenvalue weighted by molar-refractivity contribution is 5.23. The Morgan fingerprint density at radius 2 is 1.83 bits per heavy atom. The zero-order chi connectivity index (χ0) is 13.8. The van der Waals surface area contributed by atoms with Gasteiger partial charge in [0, 0.05) is 12.6 Å². The summed E-state index contributed by atoms with van der Waals surface area (Å²) in [6.45, 7) is 3.32. The van der Waals surface area contributed by atoms with Gasteiger partial charge in [0.2, 0.25) is 0 Å². The van der Waals surface area contributed by atoms with Crippen molar-refractivity contribution in [1.29, 1.82) is 5.26 Å². The van der Waals surface area contributed by atoms with Gasteiger partial charge >= 0.3 is 6.18 Å². The molecule has 0 fully saturated rings. The van der Waals surface area contributed by atoms with Crippen LogP contribution < -0.4 is 5.32 Å². The Bertz CT molecular complexity index is 417. The molecular formula is C13H15F3N2. The minimum Gasteiger partial charge on any atom is -0.309 e. The first-order valence-electron chi connectivity index (χ1n) is 5.61. The van der Waals surface area contributed by atoms with Crippen LogP contribution >= 0.6 is 0 Å². The second kappa shape index (κ2) is 5.87. The fourth-order valence-electron chi connectivity index (χ4n) is 1.50. The van der Waals surface area contributed by atoms with Crippen molar-refractivity contribution in [2.24, 2.45) is 5.92 Å². The van der Waals surface area contributed by atoms with Crippen LogP contribution in [0.4, 0.5) is 13.2 Å². The molecule has 0 aliphatic carbocycles. The van der Waals surface area contributed by atoms with Gasteiger partial charge in [0.25, 0.3) is 0 Å². The van der Waals surface area contributed by atoms with Gasteiger partial charge in [-0.2, -0.15) is 18.4 Å². The maximum atomic E-state index is 12.4. The molecule has 0 aliphatic rings. The highest BCUT2D eigenvalue weighted by Gasteiger charge is 2.39. The van der Waals surface area contributed by atoms with Gasteiger partial charge in [0.05, 0.1) is 6.07 Å². The number of nitrogens with one attached hydrogen (secondary N) is 1. The van der Waals surface area contributed by atoms with Crippen LogP contribution in [0.1, 0.15) is 24.1 Å². The molecule has 0 saturated carbocycles. The lowest BCUT2D eigenvalue weighted by Crippen LogP contribution is -2.33. The van der Waals surface area contributed by atoms with Crippen LogP contribution in [0.3, 0.4) is 0 Å². The Kier molecular flexibility index (Phi) is 4.74. The molecule has 98 valence electrons. The Hall–Kier alpha value is -1.54. The van der Waals surface area contributed by atoms with Crippen molar-refractivity contribution in [3.8, 4) is 6.07 Å². The average Bonchev–Trinajstić information content (AvgIpc) is 2.28. The van der Waals surface area contributed by atoms with Crippen molar-refractivity contribution in [2.75, 3.05) is 6.54 Å². The number of hydrogen-bond donors (Lipinski definition) is 1. The van der Waals surface area contributed by atoms with Crippen LogP contribution in [0.15, 0.2) is 24.3 Å². The summed E-state index contributed by atoms with van der Waals surface area (Å²) in [5, 5.41) is 11.2. The van der Waals surface area contributed by atoms with Crippen molar-refractivity contribution in [2.45, 2.75) is 26.1 Å². The lowest BCUT2D eigenvalue weighted by molar-refractivity contribution is -0.157. The number of rotatable bonds is 4.